The molecule has 0 spiro atoms. The molecule has 9 heteroatoms. The van der Waals surface area contributed by atoms with E-state index in [-0.39, 0.29) is 17.5 Å². The second-order valence-corrected chi connectivity index (χ2v) is 7.52. The van der Waals surface area contributed by atoms with Crippen LogP contribution in [0.4, 0.5) is 5.82 Å². The van der Waals surface area contributed by atoms with E-state index in [1.54, 1.807) is 4.57 Å². The van der Waals surface area contributed by atoms with Crippen LogP contribution >= 0.6 is 0 Å². The number of nitrogens with two attached hydrogens (primary N) is 1. The number of hydrogen-bond acceptors (Lipinski definition) is 7. The molecule has 0 atom stereocenters. The summed E-state index contributed by atoms with van der Waals surface area (Å²) in [4.78, 5) is 26.3. The van der Waals surface area contributed by atoms with Gasteiger partial charge in [0.2, 0.25) is 0 Å². The number of aromatic amines is 1. The fourth-order valence-electron chi connectivity index (χ4n) is 3.58. The van der Waals surface area contributed by atoms with Gasteiger partial charge in [-0.15, -0.1) is 0 Å². The van der Waals surface area contributed by atoms with Crippen molar-refractivity contribution in [2.24, 2.45) is 0 Å². The monoisotopic (exact) mass is 412 g/mol. The highest BCUT2D eigenvalue weighted by Gasteiger charge is 2.16. The first-order valence-corrected chi connectivity index (χ1v) is 10.4. The molecule has 1 aromatic carbocycles. The zero-order chi connectivity index (χ0) is 20.9. The van der Waals surface area contributed by atoms with Gasteiger partial charge in [0, 0.05) is 19.6 Å². The Morgan fingerprint density at radius 1 is 1.20 bits per heavy atom. The number of anilines is 1. The lowest BCUT2D eigenvalue weighted by Crippen LogP contribution is -2.35. The van der Waals surface area contributed by atoms with E-state index in [0.717, 1.165) is 51.3 Å². The molecule has 4 rings (SSSR count). The van der Waals surface area contributed by atoms with E-state index in [1.807, 2.05) is 12.1 Å². The van der Waals surface area contributed by atoms with Crippen molar-refractivity contribution in [3.63, 3.8) is 0 Å². The third-order valence-electron chi connectivity index (χ3n) is 5.20. The largest absolute Gasteiger partial charge is 0.463 e. The molecule has 0 saturated carbocycles. The number of hydrogen-bond donors (Lipinski definition) is 2. The zero-order valence-corrected chi connectivity index (χ0v) is 17.3. The predicted octanol–water partition coefficient (Wildman–Crippen LogP) is 1.76. The third-order valence-corrected chi connectivity index (χ3v) is 5.20. The summed E-state index contributed by atoms with van der Waals surface area (Å²) < 4.78 is 12.6. The Hall–Kier alpha value is -2.91. The van der Waals surface area contributed by atoms with Crippen LogP contribution in [-0.2, 0) is 17.8 Å². The van der Waals surface area contributed by atoms with Crippen LogP contribution in [0.5, 0.6) is 6.01 Å². The predicted molar refractivity (Wildman–Crippen MR) is 115 cm³/mol. The number of nitrogens with zero attached hydrogens (tertiary/aromatic N) is 4. The lowest BCUT2D eigenvalue weighted by Gasteiger charge is -2.26. The minimum atomic E-state index is -0.268. The van der Waals surface area contributed by atoms with Gasteiger partial charge in [-0.2, -0.15) is 9.97 Å². The van der Waals surface area contributed by atoms with Gasteiger partial charge in [-0.05, 0) is 17.5 Å². The third kappa shape index (κ3) is 4.63. The summed E-state index contributed by atoms with van der Waals surface area (Å²) in [6.45, 7) is 7.26. The van der Waals surface area contributed by atoms with Crippen LogP contribution in [0.3, 0.4) is 0 Å². The maximum atomic E-state index is 12.6. The number of nitrogen functional groups attached to an aromatic ring is 1. The van der Waals surface area contributed by atoms with Crippen LogP contribution in [0.15, 0.2) is 29.1 Å². The summed E-state index contributed by atoms with van der Waals surface area (Å²) in [6, 6.07) is 8.47. The van der Waals surface area contributed by atoms with Gasteiger partial charge in [-0.1, -0.05) is 37.6 Å². The minimum absolute atomic E-state index is 0.197. The van der Waals surface area contributed by atoms with Crippen molar-refractivity contribution >= 4 is 17.0 Å². The Bertz CT molecular complexity index is 1050. The molecule has 0 unspecified atom stereocenters. The van der Waals surface area contributed by atoms with Crippen molar-refractivity contribution in [2.75, 3.05) is 38.6 Å². The first-order valence-electron chi connectivity index (χ1n) is 10.4. The summed E-state index contributed by atoms with van der Waals surface area (Å²) >= 11 is 0. The molecule has 1 fully saturated rings. The number of unbranched alkanes of at least 4 members (excludes halogenated alkanes) is 1. The average Bonchev–Trinajstić information content (AvgIpc) is 3.05. The van der Waals surface area contributed by atoms with Crippen LogP contribution in [0.25, 0.3) is 11.2 Å². The molecular weight excluding hydrogens is 384 g/mol. The van der Waals surface area contributed by atoms with Crippen molar-refractivity contribution in [1.82, 2.24) is 24.4 Å². The molecule has 2 aromatic heterocycles. The van der Waals surface area contributed by atoms with Gasteiger partial charge in [0.1, 0.15) is 5.52 Å². The maximum Gasteiger partial charge on any atom is 0.328 e. The summed E-state index contributed by atoms with van der Waals surface area (Å²) in [5, 5.41) is 0. The number of fused-ring (bicyclic) bond motifs is 1. The number of aromatic nitrogens is 4. The molecule has 1 aliphatic rings. The number of H-pyrrole nitrogens is 1. The van der Waals surface area contributed by atoms with Gasteiger partial charge in [0.05, 0.1) is 26.4 Å². The van der Waals surface area contributed by atoms with Crippen molar-refractivity contribution in [3.8, 4) is 6.01 Å². The minimum Gasteiger partial charge on any atom is -0.463 e. The molecule has 1 aliphatic heterocycles. The first-order chi connectivity index (χ1) is 14.6. The first kappa shape index (κ1) is 20.4. The van der Waals surface area contributed by atoms with Gasteiger partial charge in [-0.25, -0.2) is 4.79 Å². The molecule has 0 amide bonds. The molecule has 9 nitrogen and oxygen atoms in total. The van der Waals surface area contributed by atoms with Crippen LogP contribution in [-0.4, -0.2) is 57.3 Å². The number of morpholine rings is 1. The van der Waals surface area contributed by atoms with E-state index in [2.05, 4.69) is 38.9 Å². The molecule has 160 valence electrons. The Kier molecular flexibility index (Phi) is 6.29. The Labute approximate surface area is 174 Å². The van der Waals surface area contributed by atoms with Crippen molar-refractivity contribution in [3.05, 3.63) is 45.9 Å². The van der Waals surface area contributed by atoms with Gasteiger partial charge >= 0.3 is 11.7 Å². The lowest BCUT2D eigenvalue weighted by atomic mass is 10.1. The normalized spacial score (nSPS) is 15.0. The average molecular weight is 412 g/mol. The van der Waals surface area contributed by atoms with Crippen LogP contribution in [0, 0.1) is 0 Å². The number of rotatable bonds is 8. The Balaban J connectivity index is 1.57. The second-order valence-electron chi connectivity index (χ2n) is 7.52. The standard InChI is InChI=1S/C21H28N6O3/c1-2-3-9-30-20-24-18(22)17-19(25-20)27(21(28)23-17)14-16-6-4-5-15(12-16)13-26-7-10-29-11-8-26/h4-6,12H,2-3,7-11,13-14H2,1H3,(H,23,28)(H2,22,24,25). The molecule has 1 saturated heterocycles. The topological polar surface area (TPSA) is 111 Å². The van der Waals surface area contributed by atoms with E-state index in [0.29, 0.717) is 24.3 Å². The SMILES string of the molecule is CCCCOc1nc(N)c2[nH]c(=O)n(Cc3cccc(CN4CCOCC4)c3)c2n1. The van der Waals surface area contributed by atoms with Crippen molar-refractivity contribution in [1.29, 1.82) is 0 Å². The van der Waals surface area contributed by atoms with E-state index in [1.165, 1.54) is 5.56 Å². The van der Waals surface area contributed by atoms with Gasteiger partial charge in [0.25, 0.3) is 0 Å². The summed E-state index contributed by atoms with van der Waals surface area (Å²) in [5.74, 6) is 0.211. The maximum absolute atomic E-state index is 12.6. The van der Waals surface area contributed by atoms with E-state index in [9.17, 15) is 4.79 Å². The quantitative estimate of drug-likeness (QED) is 0.542. The summed E-state index contributed by atoms with van der Waals surface area (Å²) in [7, 11) is 0. The smallest absolute Gasteiger partial charge is 0.328 e. The zero-order valence-electron chi connectivity index (χ0n) is 17.3. The number of ether oxygens (including phenoxy) is 2. The van der Waals surface area contributed by atoms with E-state index in [4.69, 9.17) is 15.2 Å². The Morgan fingerprint density at radius 2 is 1.97 bits per heavy atom. The summed E-state index contributed by atoms with van der Waals surface area (Å²) in [6.07, 6.45) is 1.91. The number of nitrogens with one attached hydrogen (secondary N) is 1. The lowest BCUT2D eigenvalue weighted by molar-refractivity contribution is 0.0342. The highest BCUT2D eigenvalue weighted by molar-refractivity contribution is 5.81. The number of benzene rings is 1. The molecule has 30 heavy (non-hydrogen) atoms. The summed E-state index contributed by atoms with van der Waals surface area (Å²) in [5.41, 5.74) is 8.89. The molecular formula is C21H28N6O3. The van der Waals surface area contributed by atoms with Gasteiger partial charge in [-0.3, -0.25) is 9.47 Å². The van der Waals surface area contributed by atoms with E-state index < -0.39 is 0 Å². The fourth-order valence-corrected chi connectivity index (χ4v) is 3.58. The fraction of sp³-hybridized carbons (Fsp3) is 0.476. The molecule has 3 aromatic rings. The molecule has 0 aliphatic carbocycles. The van der Waals surface area contributed by atoms with Gasteiger partial charge < -0.3 is 20.2 Å². The second kappa shape index (κ2) is 9.27. The highest BCUT2D eigenvalue weighted by Crippen LogP contribution is 2.19. The number of imidazole rings is 1. The van der Waals surface area contributed by atoms with E-state index >= 15 is 0 Å². The van der Waals surface area contributed by atoms with Crippen LogP contribution in [0.2, 0.25) is 0 Å². The molecule has 3 heterocycles. The van der Waals surface area contributed by atoms with Crippen molar-refractivity contribution < 1.29 is 9.47 Å². The highest BCUT2D eigenvalue weighted by atomic mass is 16.5. The molecule has 3 N–H and O–H groups in total. The molecule has 0 bridgehead atoms. The van der Waals surface area contributed by atoms with Crippen LogP contribution in [0.1, 0.15) is 30.9 Å². The Morgan fingerprint density at radius 3 is 2.73 bits per heavy atom. The molecule has 0 radical (unpaired) electrons. The van der Waals surface area contributed by atoms with Crippen LogP contribution < -0.4 is 16.2 Å². The van der Waals surface area contributed by atoms with Gasteiger partial charge in [0.15, 0.2) is 11.5 Å². The van der Waals surface area contributed by atoms with Crippen molar-refractivity contribution in [2.45, 2.75) is 32.9 Å².